The number of carboxylic acid groups (broad SMARTS) is 1. The van der Waals surface area contributed by atoms with E-state index in [-0.39, 0.29) is 44.0 Å². The molecule has 2 fully saturated rings. The van der Waals surface area contributed by atoms with Crippen LogP contribution in [0.4, 0.5) is 0 Å². The first kappa shape index (κ1) is 45.7. The van der Waals surface area contributed by atoms with Crippen molar-refractivity contribution in [3.8, 4) is 0 Å². The molecule has 296 valence electrons. The van der Waals surface area contributed by atoms with E-state index in [4.69, 9.17) is 43.0 Å². The fourth-order valence-electron chi connectivity index (χ4n) is 5.52. The van der Waals surface area contributed by atoms with E-state index in [0.29, 0.717) is 12.8 Å². The van der Waals surface area contributed by atoms with Gasteiger partial charge in [0.1, 0.15) is 37.6 Å². The topological polar surface area (TPSA) is 255 Å². The molecule has 0 radical (unpaired) electrons. The molecule has 2 aliphatic rings. The minimum atomic E-state index is -1.09. The number of esters is 5. The predicted molar refractivity (Wildman–Crippen MR) is 174 cm³/mol. The Morgan fingerprint density at radius 1 is 0.577 bits per heavy atom. The molecule has 19 nitrogen and oxygen atoms in total. The van der Waals surface area contributed by atoms with Gasteiger partial charge in [0.15, 0.2) is 6.29 Å². The van der Waals surface area contributed by atoms with E-state index in [1.54, 1.807) is 13.8 Å². The zero-order valence-corrected chi connectivity index (χ0v) is 31.0. The van der Waals surface area contributed by atoms with Crippen LogP contribution in [0.5, 0.6) is 0 Å². The standard InChI is InChI=1S/C18H29NO9.C15H23NO8/c1-10-16(19-11(2)20)18(25-8-6-5-7-15(23)24)28-14(9-26-12(3)21)17(10)27-13(4)22;1-7-13(16-8(2)17)15(23-11(5)20)24-12(6-21-9(3)18)14(7)22-10(4)19/h10,14,16-18H,5-9H2,1-4H3,(H,19,20)(H,23,24);7,12-15H,6H2,1-5H3,(H,16,17)/t10-,14?,16?,17-,18-;7-,12?,13?,14-,15-/m11/s1. The molecule has 0 aliphatic carbocycles. The van der Waals surface area contributed by atoms with E-state index in [1.165, 1.54) is 48.5 Å². The number of ether oxygens (including phenoxy) is 8. The summed E-state index contributed by atoms with van der Waals surface area (Å²) >= 11 is 0. The van der Waals surface area contributed by atoms with Crippen molar-refractivity contribution in [2.24, 2.45) is 11.8 Å². The molecule has 0 aromatic heterocycles. The van der Waals surface area contributed by atoms with Crippen molar-refractivity contribution in [1.82, 2.24) is 10.6 Å². The van der Waals surface area contributed by atoms with Gasteiger partial charge in [0.2, 0.25) is 18.1 Å². The molecule has 10 atom stereocenters. The summed E-state index contributed by atoms with van der Waals surface area (Å²) in [5, 5.41) is 14.1. The summed E-state index contributed by atoms with van der Waals surface area (Å²) in [6.45, 7) is 12.2. The van der Waals surface area contributed by atoms with Crippen molar-refractivity contribution < 1.29 is 81.4 Å². The molecular formula is C33H52N2O17. The van der Waals surface area contributed by atoms with E-state index in [9.17, 15) is 38.4 Å². The van der Waals surface area contributed by atoms with Gasteiger partial charge in [-0.25, -0.2) is 0 Å². The van der Waals surface area contributed by atoms with Crippen LogP contribution in [0.2, 0.25) is 0 Å². The molecule has 2 aliphatic heterocycles. The number of amides is 2. The second kappa shape index (κ2) is 22.5. The lowest BCUT2D eigenvalue weighted by Gasteiger charge is -2.44. The molecule has 52 heavy (non-hydrogen) atoms. The third-order valence-corrected chi connectivity index (χ3v) is 7.70. The Balaban J connectivity index is 0.000000526. The zero-order valence-electron chi connectivity index (χ0n) is 31.0. The van der Waals surface area contributed by atoms with Gasteiger partial charge in [-0.1, -0.05) is 13.8 Å². The first-order valence-corrected chi connectivity index (χ1v) is 16.7. The van der Waals surface area contributed by atoms with Crippen LogP contribution in [0.15, 0.2) is 0 Å². The number of rotatable bonds is 15. The lowest BCUT2D eigenvalue weighted by atomic mass is 9.88. The molecule has 19 heteroatoms. The zero-order chi connectivity index (χ0) is 39.7. The SMILES string of the molecule is CC(=O)NC1[C@H](OC(C)=O)OC(COC(C)=O)[C@H](OC(C)=O)[C@@H]1C.CC(=O)NC1[C@H](OCCCCC(=O)O)OC(COC(C)=O)[C@H](OC(C)=O)[C@@H]1C. The van der Waals surface area contributed by atoms with Gasteiger partial charge in [0.25, 0.3) is 0 Å². The Morgan fingerprint density at radius 2 is 0.981 bits per heavy atom. The van der Waals surface area contributed by atoms with Crippen LogP contribution >= 0.6 is 0 Å². The largest absolute Gasteiger partial charge is 0.481 e. The number of hydrogen-bond donors (Lipinski definition) is 3. The van der Waals surface area contributed by atoms with E-state index in [1.807, 2.05) is 0 Å². The predicted octanol–water partition coefficient (Wildman–Crippen LogP) is 0.528. The van der Waals surface area contributed by atoms with Crippen molar-refractivity contribution in [2.45, 2.75) is 131 Å². The normalized spacial score (nSPS) is 28.0. The van der Waals surface area contributed by atoms with Crippen molar-refractivity contribution >= 4 is 47.6 Å². The van der Waals surface area contributed by atoms with Crippen LogP contribution in [0.1, 0.15) is 81.6 Å². The van der Waals surface area contributed by atoms with Crippen molar-refractivity contribution in [3.63, 3.8) is 0 Å². The van der Waals surface area contributed by atoms with Gasteiger partial charge in [0, 0.05) is 73.3 Å². The van der Waals surface area contributed by atoms with E-state index in [2.05, 4.69) is 10.6 Å². The Kier molecular flexibility index (Phi) is 19.8. The molecule has 2 saturated heterocycles. The van der Waals surface area contributed by atoms with Crippen LogP contribution in [0.3, 0.4) is 0 Å². The highest BCUT2D eigenvalue weighted by molar-refractivity contribution is 5.74. The van der Waals surface area contributed by atoms with Crippen molar-refractivity contribution in [2.75, 3.05) is 19.8 Å². The van der Waals surface area contributed by atoms with Gasteiger partial charge in [-0.05, 0) is 12.8 Å². The number of carboxylic acids is 1. The third-order valence-electron chi connectivity index (χ3n) is 7.70. The van der Waals surface area contributed by atoms with Crippen LogP contribution in [-0.2, 0) is 76.3 Å². The summed E-state index contributed by atoms with van der Waals surface area (Å²) in [6.07, 6.45) is -4.12. The Hall–Kier alpha value is -4.36. The van der Waals surface area contributed by atoms with E-state index in [0.717, 1.165) is 0 Å². The quantitative estimate of drug-likeness (QED) is 0.117. The summed E-state index contributed by atoms with van der Waals surface area (Å²) in [6, 6.07) is -1.32. The molecule has 0 spiro atoms. The average molecular weight is 749 g/mol. The lowest BCUT2D eigenvalue weighted by molar-refractivity contribution is -0.262. The maximum atomic E-state index is 11.6. The molecule has 2 rings (SSSR count). The molecule has 4 unspecified atom stereocenters. The molecule has 0 aromatic rings. The van der Waals surface area contributed by atoms with Crippen LogP contribution in [0.25, 0.3) is 0 Å². The summed E-state index contributed by atoms with van der Waals surface area (Å²) in [4.78, 5) is 90.0. The second-order valence-corrected chi connectivity index (χ2v) is 12.3. The summed E-state index contributed by atoms with van der Waals surface area (Å²) in [5.41, 5.74) is 0. The van der Waals surface area contributed by atoms with Crippen LogP contribution in [0, 0.1) is 11.8 Å². The smallest absolute Gasteiger partial charge is 0.305 e. The highest BCUT2D eigenvalue weighted by atomic mass is 16.7. The van der Waals surface area contributed by atoms with E-state index >= 15 is 0 Å². The molecule has 3 N–H and O–H groups in total. The first-order chi connectivity index (χ1) is 24.2. The number of carbonyl (C=O) groups is 8. The molecule has 2 heterocycles. The van der Waals surface area contributed by atoms with Gasteiger partial charge in [-0.15, -0.1) is 0 Å². The fourth-order valence-corrected chi connectivity index (χ4v) is 5.52. The van der Waals surface area contributed by atoms with Gasteiger partial charge in [-0.2, -0.15) is 0 Å². The number of hydrogen-bond acceptors (Lipinski definition) is 16. The molecular weight excluding hydrogens is 696 g/mol. The highest BCUT2D eigenvalue weighted by Crippen LogP contribution is 2.31. The van der Waals surface area contributed by atoms with Gasteiger partial charge in [0.05, 0.1) is 12.1 Å². The van der Waals surface area contributed by atoms with Crippen LogP contribution < -0.4 is 10.6 Å². The molecule has 2 amide bonds. The first-order valence-electron chi connectivity index (χ1n) is 16.7. The average Bonchev–Trinajstić information content (AvgIpc) is 3.00. The number of unbranched alkanes of at least 4 members (excludes halogenated alkanes) is 1. The number of nitrogens with one attached hydrogen (secondary N) is 2. The maximum Gasteiger partial charge on any atom is 0.305 e. The Morgan fingerprint density at radius 3 is 1.35 bits per heavy atom. The second-order valence-electron chi connectivity index (χ2n) is 12.3. The van der Waals surface area contributed by atoms with Crippen molar-refractivity contribution in [3.05, 3.63) is 0 Å². The van der Waals surface area contributed by atoms with Gasteiger partial charge in [-0.3, -0.25) is 38.4 Å². The molecule has 0 aromatic carbocycles. The molecule has 0 bridgehead atoms. The Bertz CT molecular complexity index is 1250. The monoisotopic (exact) mass is 748 g/mol. The van der Waals surface area contributed by atoms with Gasteiger partial charge >= 0.3 is 35.8 Å². The van der Waals surface area contributed by atoms with E-state index < -0.39 is 90.8 Å². The minimum absolute atomic E-state index is 0.0318. The summed E-state index contributed by atoms with van der Waals surface area (Å²) in [7, 11) is 0. The third kappa shape index (κ3) is 16.8. The maximum absolute atomic E-state index is 11.6. The Labute approximate surface area is 302 Å². The highest BCUT2D eigenvalue weighted by Gasteiger charge is 2.48. The number of aliphatic carboxylic acids is 1. The molecule has 0 saturated carbocycles. The van der Waals surface area contributed by atoms with Crippen molar-refractivity contribution in [1.29, 1.82) is 0 Å². The number of carbonyl (C=O) groups excluding carboxylic acids is 7. The van der Waals surface area contributed by atoms with Crippen LogP contribution in [-0.4, -0.2) is 122 Å². The lowest BCUT2D eigenvalue weighted by Crippen LogP contribution is -2.62. The summed E-state index contributed by atoms with van der Waals surface area (Å²) in [5.74, 6) is -5.08. The fraction of sp³-hybridized carbons (Fsp3) is 0.758. The summed E-state index contributed by atoms with van der Waals surface area (Å²) < 4.78 is 42.9. The van der Waals surface area contributed by atoms with Gasteiger partial charge < -0.3 is 53.6 Å². The minimum Gasteiger partial charge on any atom is -0.481 e.